The van der Waals surface area contributed by atoms with Gasteiger partial charge in [0.05, 0.1) is 11.4 Å². The Kier molecular flexibility index (Phi) is 3.29. The number of aliphatic imine (C=N–C) groups is 1. The van der Waals surface area contributed by atoms with Gasteiger partial charge in [0.15, 0.2) is 0 Å². The van der Waals surface area contributed by atoms with Crippen molar-refractivity contribution >= 4 is 19.2 Å². The van der Waals surface area contributed by atoms with Gasteiger partial charge in [-0.1, -0.05) is 6.07 Å². The third kappa shape index (κ3) is 3.13. The number of hydrogen-bond donors (Lipinski definition) is 1. The Balaban J connectivity index is 1.83. The fourth-order valence-electron chi connectivity index (χ4n) is 2.18. The van der Waals surface area contributed by atoms with Crippen LogP contribution < -0.4 is 14.3 Å². The van der Waals surface area contributed by atoms with Gasteiger partial charge in [-0.25, -0.2) is 0 Å². The highest BCUT2D eigenvalue weighted by Gasteiger charge is 2.16. The molecule has 21 heavy (non-hydrogen) atoms. The molecule has 0 amide bonds. The molecular weight excluding hydrogens is 293 g/mol. The minimum atomic E-state index is -5.04. The van der Waals surface area contributed by atoms with Crippen molar-refractivity contribution in [2.45, 2.75) is 6.42 Å². The normalized spacial score (nSPS) is 13.7. The summed E-state index contributed by atoms with van der Waals surface area (Å²) in [7, 11) is -5.04. The molecule has 1 aliphatic heterocycles. The molecule has 1 aliphatic rings. The van der Waals surface area contributed by atoms with Gasteiger partial charge in [0.2, 0.25) is 0 Å². The third-order valence-corrected chi connectivity index (χ3v) is 3.52. The van der Waals surface area contributed by atoms with Crippen LogP contribution in [0.25, 0.3) is 0 Å². The van der Waals surface area contributed by atoms with Crippen LogP contribution in [-0.2, 0) is 11.0 Å². The van der Waals surface area contributed by atoms with Crippen molar-refractivity contribution in [2.75, 3.05) is 0 Å². The van der Waals surface area contributed by atoms with Crippen molar-refractivity contribution < 1.29 is 24.0 Å². The first kappa shape index (κ1) is 13.8. The lowest BCUT2D eigenvalue weighted by Gasteiger charge is -2.28. The molecule has 1 heterocycles. The summed E-state index contributed by atoms with van der Waals surface area (Å²) in [5.41, 5.74) is 3.32. The summed E-state index contributed by atoms with van der Waals surface area (Å²) in [5.74, 6) is 0.130. The van der Waals surface area contributed by atoms with Gasteiger partial charge in [-0.15, -0.1) is 0 Å². The number of fused-ring (bicyclic) bond motifs is 1. The standard InChI is InChI=1S/C14H12NO5P/c16-11-4-1-10-7-13(15-14(10)8-11)9-2-5-12(6-3-9)20-21(17,18)19/h1-6,8,16H,7H2,(H2,17,18,19)/p-2. The number of aromatic hydroxyl groups is 1. The molecular formula is C14H10NO5P-2. The van der Waals surface area contributed by atoms with E-state index in [9.17, 15) is 19.5 Å². The first-order valence-electron chi connectivity index (χ1n) is 6.12. The lowest BCUT2D eigenvalue weighted by molar-refractivity contribution is -0.333. The molecule has 2 aromatic rings. The summed E-state index contributed by atoms with van der Waals surface area (Å²) in [6.07, 6.45) is 0.622. The average Bonchev–Trinajstić information content (AvgIpc) is 2.80. The maximum atomic E-state index is 10.5. The van der Waals surface area contributed by atoms with Crippen molar-refractivity contribution in [1.29, 1.82) is 0 Å². The Morgan fingerprint density at radius 1 is 1.14 bits per heavy atom. The van der Waals surface area contributed by atoms with Gasteiger partial charge in [-0.2, -0.15) is 0 Å². The smallest absolute Gasteiger partial charge is 0.124 e. The molecule has 3 rings (SSSR count). The molecule has 2 aromatic carbocycles. The van der Waals surface area contributed by atoms with E-state index >= 15 is 0 Å². The lowest BCUT2D eigenvalue weighted by atomic mass is 10.0. The quantitative estimate of drug-likeness (QED) is 0.860. The predicted octanol–water partition coefficient (Wildman–Crippen LogP) is 1.28. The van der Waals surface area contributed by atoms with Crippen molar-refractivity contribution in [2.24, 2.45) is 4.99 Å². The number of phosphoric acid groups is 1. The van der Waals surface area contributed by atoms with Gasteiger partial charge in [0.25, 0.3) is 0 Å². The Hall–Kier alpha value is -2.14. The Morgan fingerprint density at radius 3 is 2.52 bits per heavy atom. The van der Waals surface area contributed by atoms with Crippen LogP contribution in [0.4, 0.5) is 5.69 Å². The zero-order chi connectivity index (χ0) is 15.0. The number of rotatable bonds is 3. The Labute approximate surface area is 120 Å². The molecule has 0 atom stereocenters. The fourth-order valence-corrected chi connectivity index (χ4v) is 2.55. The zero-order valence-electron chi connectivity index (χ0n) is 10.7. The molecule has 6 nitrogen and oxygen atoms in total. The maximum absolute atomic E-state index is 10.5. The molecule has 0 radical (unpaired) electrons. The molecule has 0 aliphatic carbocycles. The predicted molar refractivity (Wildman–Crippen MR) is 72.7 cm³/mol. The highest BCUT2D eigenvalue weighted by molar-refractivity contribution is 7.43. The van der Waals surface area contributed by atoms with E-state index in [0.29, 0.717) is 12.1 Å². The molecule has 108 valence electrons. The number of hydrogen-bond acceptors (Lipinski definition) is 6. The van der Waals surface area contributed by atoms with E-state index in [1.807, 2.05) is 6.07 Å². The van der Waals surface area contributed by atoms with Crippen LogP contribution in [0.5, 0.6) is 11.5 Å². The Morgan fingerprint density at radius 2 is 1.86 bits per heavy atom. The fraction of sp³-hybridized carbons (Fsp3) is 0.0714. The van der Waals surface area contributed by atoms with Gasteiger partial charge in [0.1, 0.15) is 19.3 Å². The van der Waals surface area contributed by atoms with Crippen LogP contribution in [0.3, 0.4) is 0 Å². The van der Waals surface area contributed by atoms with Crippen molar-refractivity contribution in [3.8, 4) is 11.5 Å². The van der Waals surface area contributed by atoms with Gasteiger partial charge >= 0.3 is 0 Å². The molecule has 0 saturated carbocycles. The van der Waals surface area contributed by atoms with Crippen LogP contribution in [0.2, 0.25) is 0 Å². The topological polar surface area (TPSA) is 105 Å². The second kappa shape index (κ2) is 5.00. The molecule has 0 spiro atoms. The average molecular weight is 303 g/mol. The second-order valence-corrected chi connectivity index (χ2v) is 5.69. The summed E-state index contributed by atoms with van der Waals surface area (Å²) in [6.45, 7) is 0. The minimum absolute atomic E-state index is 0.0270. The summed E-state index contributed by atoms with van der Waals surface area (Å²) >= 11 is 0. The van der Waals surface area contributed by atoms with Crippen LogP contribution in [-0.4, -0.2) is 10.8 Å². The van der Waals surface area contributed by atoms with Crippen molar-refractivity contribution in [3.63, 3.8) is 0 Å². The summed E-state index contributed by atoms with van der Waals surface area (Å²) in [6, 6.07) is 11.1. The molecule has 7 heteroatoms. The SMILES string of the molecule is O=P([O-])([O-])Oc1ccc(C2=Nc3cc(O)ccc3C2)cc1. The summed E-state index contributed by atoms with van der Waals surface area (Å²) in [5, 5.41) is 9.43. The number of nitrogens with zero attached hydrogens (tertiary/aromatic N) is 1. The van der Waals surface area contributed by atoms with E-state index < -0.39 is 7.82 Å². The highest BCUT2D eigenvalue weighted by Crippen LogP contribution is 2.33. The lowest BCUT2D eigenvalue weighted by Crippen LogP contribution is -2.18. The molecule has 0 saturated heterocycles. The minimum Gasteiger partial charge on any atom is -0.780 e. The second-order valence-electron chi connectivity index (χ2n) is 4.61. The van der Waals surface area contributed by atoms with Gasteiger partial charge < -0.3 is 24.0 Å². The van der Waals surface area contributed by atoms with Crippen molar-refractivity contribution in [3.05, 3.63) is 53.6 Å². The number of benzene rings is 2. The maximum Gasteiger partial charge on any atom is 0.124 e. The van der Waals surface area contributed by atoms with Gasteiger partial charge in [0, 0.05) is 12.5 Å². The number of phenolic OH excluding ortho intramolecular Hbond substituents is 1. The van der Waals surface area contributed by atoms with Gasteiger partial charge in [-0.05, 0) is 41.5 Å². The van der Waals surface area contributed by atoms with E-state index in [1.54, 1.807) is 24.3 Å². The van der Waals surface area contributed by atoms with Crippen LogP contribution >= 0.6 is 7.82 Å². The van der Waals surface area contributed by atoms with Crippen LogP contribution in [0.1, 0.15) is 11.1 Å². The third-order valence-electron chi connectivity index (χ3n) is 3.09. The molecule has 0 aromatic heterocycles. The first-order chi connectivity index (χ1) is 9.90. The van der Waals surface area contributed by atoms with E-state index in [2.05, 4.69) is 9.52 Å². The van der Waals surface area contributed by atoms with E-state index in [4.69, 9.17) is 0 Å². The zero-order valence-corrected chi connectivity index (χ0v) is 11.6. The monoisotopic (exact) mass is 303 g/mol. The molecule has 0 fully saturated rings. The van der Waals surface area contributed by atoms with Crippen molar-refractivity contribution in [1.82, 2.24) is 0 Å². The van der Waals surface area contributed by atoms with Crippen LogP contribution in [0.15, 0.2) is 47.5 Å². The molecule has 1 N–H and O–H groups in total. The van der Waals surface area contributed by atoms with Gasteiger partial charge in [-0.3, -0.25) is 4.99 Å². The van der Waals surface area contributed by atoms with Crippen LogP contribution in [0, 0.1) is 0 Å². The van der Waals surface area contributed by atoms with E-state index in [-0.39, 0.29) is 11.5 Å². The first-order valence-corrected chi connectivity index (χ1v) is 7.58. The number of phosphoric ester groups is 1. The largest absolute Gasteiger partial charge is 0.780 e. The summed E-state index contributed by atoms with van der Waals surface area (Å²) in [4.78, 5) is 25.5. The highest BCUT2D eigenvalue weighted by atomic mass is 31.2. The molecule has 0 unspecified atom stereocenters. The Bertz CT molecular complexity index is 763. The number of phenols is 1. The van der Waals surface area contributed by atoms with E-state index in [0.717, 1.165) is 16.8 Å². The van der Waals surface area contributed by atoms with E-state index in [1.165, 1.54) is 12.1 Å². The summed E-state index contributed by atoms with van der Waals surface area (Å²) < 4.78 is 14.8. The molecule has 0 bridgehead atoms.